The molecular weight excluding hydrogens is 528 g/mol. The minimum absolute atomic E-state index is 0.0483. The molecule has 0 saturated carbocycles. The number of carbonyl (C=O) groups excluding carboxylic acids is 2. The van der Waals surface area contributed by atoms with Crippen molar-refractivity contribution in [2.24, 2.45) is 0 Å². The Balaban J connectivity index is 1.29. The molecule has 2 heterocycles. The van der Waals surface area contributed by atoms with Gasteiger partial charge < -0.3 is 9.80 Å². The summed E-state index contributed by atoms with van der Waals surface area (Å²) in [4.78, 5) is 30.4. The Hall–Kier alpha value is -2.95. The molecule has 41 heavy (non-hydrogen) atoms. The molecule has 216 valence electrons. The van der Waals surface area contributed by atoms with E-state index < -0.39 is 0 Å². The van der Waals surface area contributed by atoms with Crippen molar-refractivity contribution in [3.8, 4) is 0 Å². The highest BCUT2D eigenvalue weighted by atomic mass is 35.5. The number of amides is 1. The maximum atomic E-state index is 13.5. The zero-order valence-corrected chi connectivity index (χ0v) is 25.3. The Bertz CT molecular complexity index is 1330. The number of Topliss-reactive ketones (excluding diaryl/α,β-unsaturated/α-hetero) is 1. The van der Waals surface area contributed by atoms with Crippen molar-refractivity contribution >= 4 is 23.3 Å². The third kappa shape index (κ3) is 6.76. The fraction of sp³-hybridized carbons (Fsp3) is 0.444. The smallest absolute Gasteiger partial charge is 0.253 e. The van der Waals surface area contributed by atoms with Gasteiger partial charge in [0.2, 0.25) is 0 Å². The summed E-state index contributed by atoms with van der Waals surface area (Å²) in [5.41, 5.74) is 4.32. The summed E-state index contributed by atoms with van der Waals surface area (Å²) in [6.45, 7) is 8.38. The first-order valence-electron chi connectivity index (χ1n) is 15.2. The number of piperidine rings is 2. The first-order valence-corrected chi connectivity index (χ1v) is 15.6. The summed E-state index contributed by atoms with van der Waals surface area (Å²) < 4.78 is 0. The number of ketones is 1. The van der Waals surface area contributed by atoms with Crippen LogP contribution in [0.25, 0.3) is 0 Å². The molecule has 2 saturated heterocycles. The standard InChI is InChI=1S/C36H43ClN2O2/c1-28-25-32(15-16-33(28)37)36(18-10-22-39(27-36)34(41)30-11-5-3-6-12-30)17-9-21-38-23-19-35(20-24-38,26-29(2)40)31-13-7-4-8-14-31/h3-8,11-16,25H,9-10,17-24,26-27H2,1-2H3/t36-/m0/s1. The van der Waals surface area contributed by atoms with Gasteiger partial charge in [-0.3, -0.25) is 9.59 Å². The fourth-order valence-electron chi connectivity index (χ4n) is 7.31. The van der Waals surface area contributed by atoms with Crippen LogP contribution in [0.5, 0.6) is 0 Å². The van der Waals surface area contributed by atoms with Crippen molar-refractivity contribution in [2.45, 2.75) is 69.6 Å². The predicted molar refractivity (Wildman–Crippen MR) is 168 cm³/mol. The maximum Gasteiger partial charge on any atom is 0.253 e. The summed E-state index contributed by atoms with van der Waals surface area (Å²) in [6, 6.07) is 26.8. The van der Waals surface area contributed by atoms with Crippen LogP contribution in [0, 0.1) is 6.92 Å². The van der Waals surface area contributed by atoms with Crippen LogP contribution in [-0.2, 0) is 15.6 Å². The highest BCUT2D eigenvalue weighted by molar-refractivity contribution is 6.31. The van der Waals surface area contributed by atoms with E-state index in [1.54, 1.807) is 6.92 Å². The van der Waals surface area contributed by atoms with Crippen LogP contribution >= 0.6 is 11.6 Å². The lowest BCUT2D eigenvalue weighted by Gasteiger charge is -2.45. The second kappa shape index (κ2) is 12.9. The number of benzene rings is 3. The molecule has 2 fully saturated rings. The molecule has 2 aliphatic rings. The molecule has 5 heteroatoms. The van der Waals surface area contributed by atoms with E-state index in [1.807, 2.05) is 36.4 Å². The van der Waals surface area contributed by atoms with Gasteiger partial charge in [-0.05, 0) is 107 Å². The van der Waals surface area contributed by atoms with Gasteiger partial charge in [0.25, 0.3) is 5.91 Å². The van der Waals surface area contributed by atoms with Gasteiger partial charge in [-0.1, -0.05) is 72.3 Å². The summed E-state index contributed by atoms with van der Waals surface area (Å²) >= 11 is 6.44. The molecule has 2 aliphatic heterocycles. The van der Waals surface area contributed by atoms with Gasteiger partial charge in [0.15, 0.2) is 0 Å². The summed E-state index contributed by atoms with van der Waals surface area (Å²) in [5, 5.41) is 0.790. The third-order valence-corrected chi connectivity index (χ3v) is 10.00. The lowest BCUT2D eigenvalue weighted by molar-refractivity contribution is -0.118. The van der Waals surface area contributed by atoms with Crippen LogP contribution in [0.4, 0.5) is 0 Å². The Labute approximate surface area is 250 Å². The lowest BCUT2D eigenvalue weighted by Crippen LogP contribution is -2.49. The molecule has 1 amide bonds. The van der Waals surface area contributed by atoms with E-state index >= 15 is 0 Å². The first-order chi connectivity index (χ1) is 19.8. The highest BCUT2D eigenvalue weighted by Gasteiger charge is 2.40. The third-order valence-electron chi connectivity index (χ3n) is 9.57. The number of halogens is 1. The SMILES string of the molecule is CC(=O)CC1(c2ccccc2)CCN(CCC[C@]2(c3ccc(Cl)c(C)c3)CCCN(C(=O)c3ccccc3)C2)CC1. The van der Waals surface area contributed by atoms with Crippen molar-refractivity contribution < 1.29 is 9.59 Å². The number of hydrogen-bond acceptors (Lipinski definition) is 3. The van der Waals surface area contributed by atoms with E-state index in [9.17, 15) is 9.59 Å². The monoisotopic (exact) mass is 570 g/mol. The number of nitrogens with zero attached hydrogens (tertiary/aromatic N) is 2. The van der Waals surface area contributed by atoms with Crippen molar-refractivity contribution in [1.82, 2.24) is 9.80 Å². The highest BCUT2D eigenvalue weighted by Crippen LogP contribution is 2.41. The topological polar surface area (TPSA) is 40.6 Å². The molecule has 0 radical (unpaired) electrons. The molecule has 0 aliphatic carbocycles. The van der Waals surface area contributed by atoms with Gasteiger partial charge in [0.05, 0.1) is 0 Å². The van der Waals surface area contributed by atoms with E-state index in [0.717, 1.165) is 87.4 Å². The quantitative estimate of drug-likeness (QED) is 0.266. The molecule has 0 spiro atoms. The zero-order chi connectivity index (χ0) is 28.9. The van der Waals surface area contributed by atoms with Crippen molar-refractivity contribution in [2.75, 3.05) is 32.7 Å². The fourth-order valence-corrected chi connectivity index (χ4v) is 7.43. The number of likely N-dealkylation sites (tertiary alicyclic amines) is 2. The summed E-state index contributed by atoms with van der Waals surface area (Å²) in [7, 11) is 0. The molecule has 0 N–H and O–H groups in total. The average molecular weight is 571 g/mol. The Morgan fingerprint density at radius 2 is 1.51 bits per heavy atom. The minimum Gasteiger partial charge on any atom is -0.338 e. The van der Waals surface area contributed by atoms with Crippen molar-refractivity contribution in [3.63, 3.8) is 0 Å². The van der Waals surface area contributed by atoms with Gasteiger partial charge in [-0.25, -0.2) is 0 Å². The molecular formula is C36H43ClN2O2. The molecule has 3 aromatic carbocycles. The molecule has 4 nitrogen and oxygen atoms in total. The van der Waals surface area contributed by atoms with Gasteiger partial charge in [-0.15, -0.1) is 0 Å². The average Bonchev–Trinajstić information content (AvgIpc) is 3.00. The molecule has 1 atom stereocenters. The van der Waals surface area contributed by atoms with Crippen molar-refractivity contribution in [3.05, 3.63) is 106 Å². The molecule has 0 unspecified atom stereocenters. The van der Waals surface area contributed by atoms with Crippen LogP contribution in [-0.4, -0.2) is 54.2 Å². The summed E-state index contributed by atoms with van der Waals surface area (Å²) in [6.07, 6.45) is 6.81. The van der Waals surface area contributed by atoms with E-state index in [2.05, 4.69) is 59.2 Å². The van der Waals surface area contributed by atoms with Gasteiger partial charge in [0, 0.05) is 40.9 Å². The number of carbonyl (C=O) groups is 2. The molecule has 0 bridgehead atoms. The number of rotatable bonds is 9. The van der Waals surface area contributed by atoms with E-state index in [4.69, 9.17) is 11.6 Å². The zero-order valence-electron chi connectivity index (χ0n) is 24.6. The van der Waals surface area contributed by atoms with Gasteiger partial charge >= 0.3 is 0 Å². The van der Waals surface area contributed by atoms with Crippen LogP contribution in [0.15, 0.2) is 78.9 Å². The van der Waals surface area contributed by atoms with Crippen LogP contribution in [0.2, 0.25) is 5.02 Å². The van der Waals surface area contributed by atoms with Crippen molar-refractivity contribution in [1.29, 1.82) is 0 Å². The predicted octanol–water partition coefficient (Wildman–Crippen LogP) is 7.62. The van der Waals surface area contributed by atoms with Crippen LogP contribution in [0.3, 0.4) is 0 Å². The van der Waals surface area contributed by atoms with Gasteiger partial charge in [0.1, 0.15) is 5.78 Å². The minimum atomic E-state index is -0.0871. The Kier molecular flexibility index (Phi) is 9.31. The maximum absolute atomic E-state index is 13.5. The molecule has 3 aromatic rings. The van der Waals surface area contributed by atoms with Crippen LogP contribution < -0.4 is 0 Å². The molecule has 0 aromatic heterocycles. The first kappa shape index (κ1) is 29.5. The van der Waals surface area contributed by atoms with E-state index in [0.29, 0.717) is 6.42 Å². The Morgan fingerprint density at radius 3 is 2.17 bits per heavy atom. The normalized spacial score (nSPS) is 21.0. The number of hydrogen-bond donors (Lipinski definition) is 0. The van der Waals surface area contributed by atoms with Gasteiger partial charge in [-0.2, -0.15) is 0 Å². The number of aryl methyl sites for hydroxylation is 1. The Morgan fingerprint density at radius 1 is 0.829 bits per heavy atom. The van der Waals surface area contributed by atoms with E-state index in [1.165, 1.54) is 11.1 Å². The lowest BCUT2D eigenvalue weighted by atomic mass is 9.69. The van der Waals surface area contributed by atoms with Crippen LogP contribution in [0.1, 0.15) is 78.9 Å². The second-order valence-corrected chi connectivity index (χ2v) is 12.8. The second-order valence-electron chi connectivity index (χ2n) is 12.4. The summed E-state index contributed by atoms with van der Waals surface area (Å²) in [5.74, 6) is 0.397. The molecule has 5 rings (SSSR count). The largest absolute Gasteiger partial charge is 0.338 e. The van der Waals surface area contributed by atoms with E-state index in [-0.39, 0.29) is 22.5 Å².